The Morgan fingerprint density at radius 1 is 1.33 bits per heavy atom. The second-order valence-electron chi connectivity index (χ2n) is 3.52. The van der Waals surface area contributed by atoms with E-state index >= 15 is 0 Å². The predicted molar refractivity (Wildman–Crippen MR) is 53.7 cm³/mol. The highest BCUT2D eigenvalue weighted by Crippen LogP contribution is 2.25. The van der Waals surface area contributed by atoms with E-state index in [4.69, 9.17) is 0 Å². The van der Waals surface area contributed by atoms with Gasteiger partial charge in [-0.15, -0.1) is 0 Å². The van der Waals surface area contributed by atoms with Crippen LogP contribution in [0.15, 0.2) is 36.7 Å². The zero-order valence-electron chi connectivity index (χ0n) is 8.24. The number of benzene rings is 1. The predicted octanol–water partition coefficient (Wildman–Crippen LogP) is 1.80. The van der Waals surface area contributed by atoms with Gasteiger partial charge >= 0.3 is 0 Å². The number of nitrogens with zero attached hydrogens (tertiary/aromatic N) is 1. The fraction of sp³-hybridized carbons (Fsp3) is 0.182. The van der Waals surface area contributed by atoms with E-state index in [-0.39, 0.29) is 5.82 Å². The van der Waals surface area contributed by atoms with Crippen molar-refractivity contribution in [2.24, 2.45) is 0 Å². The molecule has 0 aliphatic heterocycles. The fourth-order valence-corrected chi connectivity index (χ4v) is 1.44. The molecule has 1 heterocycles. The number of aromatic amines is 1. The molecule has 0 spiro atoms. The maximum Gasteiger partial charge on any atom is 0.144 e. The third kappa shape index (κ3) is 1.76. The summed E-state index contributed by atoms with van der Waals surface area (Å²) in [7, 11) is 0. The minimum atomic E-state index is -1.23. The number of imidazole rings is 1. The summed E-state index contributed by atoms with van der Waals surface area (Å²) in [4.78, 5) is 6.82. The average Bonchev–Trinajstić information content (AvgIpc) is 2.71. The number of hydrogen-bond acceptors (Lipinski definition) is 2. The third-order valence-corrected chi connectivity index (χ3v) is 2.37. The summed E-state index contributed by atoms with van der Waals surface area (Å²) < 4.78 is 12.7. The van der Waals surface area contributed by atoms with Gasteiger partial charge in [-0.1, -0.05) is 12.1 Å². The van der Waals surface area contributed by atoms with Gasteiger partial charge in [0.05, 0.1) is 0 Å². The molecule has 15 heavy (non-hydrogen) atoms. The van der Waals surface area contributed by atoms with Crippen LogP contribution in [-0.4, -0.2) is 15.1 Å². The molecule has 2 rings (SSSR count). The number of rotatable bonds is 2. The van der Waals surface area contributed by atoms with Crippen molar-refractivity contribution < 1.29 is 9.50 Å². The summed E-state index contributed by atoms with van der Waals surface area (Å²) in [6.07, 6.45) is 3.20. The first-order valence-corrected chi connectivity index (χ1v) is 4.59. The number of nitrogens with one attached hydrogen (secondary N) is 1. The van der Waals surface area contributed by atoms with Crippen LogP contribution in [0.5, 0.6) is 0 Å². The minimum Gasteiger partial charge on any atom is -0.377 e. The molecule has 2 N–H and O–H groups in total. The van der Waals surface area contributed by atoms with Crippen LogP contribution in [-0.2, 0) is 5.60 Å². The van der Waals surface area contributed by atoms with E-state index in [0.717, 1.165) is 0 Å². The smallest absolute Gasteiger partial charge is 0.144 e. The molecule has 78 valence electrons. The van der Waals surface area contributed by atoms with Gasteiger partial charge in [0.2, 0.25) is 0 Å². The summed E-state index contributed by atoms with van der Waals surface area (Å²) in [5.74, 6) is 0.114. The van der Waals surface area contributed by atoms with Crippen molar-refractivity contribution in [2.45, 2.75) is 12.5 Å². The largest absolute Gasteiger partial charge is 0.377 e. The maximum absolute atomic E-state index is 12.7. The lowest BCUT2D eigenvalue weighted by molar-refractivity contribution is 0.0931. The monoisotopic (exact) mass is 206 g/mol. The van der Waals surface area contributed by atoms with Gasteiger partial charge in [-0.05, 0) is 24.6 Å². The van der Waals surface area contributed by atoms with E-state index in [1.807, 2.05) is 0 Å². The SMILES string of the molecule is CC(O)(c1ccc(F)cc1)c1ncc[nH]1. The van der Waals surface area contributed by atoms with E-state index < -0.39 is 5.60 Å². The third-order valence-electron chi connectivity index (χ3n) is 2.37. The molecule has 0 fully saturated rings. The normalized spacial score (nSPS) is 14.9. The first-order chi connectivity index (χ1) is 7.10. The number of H-pyrrole nitrogens is 1. The summed E-state index contributed by atoms with van der Waals surface area (Å²) >= 11 is 0. The van der Waals surface area contributed by atoms with Crippen LogP contribution in [0.2, 0.25) is 0 Å². The Bertz CT molecular complexity index is 434. The molecule has 1 aromatic heterocycles. The molecule has 0 aliphatic carbocycles. The summed E-state index contributed by atoms with van der Waals surface area (Å²) in [5, 5.41) is 10.2. The fourth-order valence-electron chi connectivity index (χ4n) is 1.44. The van der Waals surface area contributed by atoms with E-state index in [2.05, 4.69) is 9.97 Å². The van der Waals surface area contributed by atoms with Crippen molar-refractivity contribution in [3.05, 3.63) is 53.9 Å². The van der Waals surface area contributed by atoms with Crippen molar-refractivity contribution in [3.63, 3.8) is 0 Å². The molecular formula is C11H11FN2O. The van der Waals surface area contributed by atoms with Crippen molar-refractivity contribution in [3.8, 4) is 0 Å². The molecule has 0 bridgehead atoms. The van der Waals surface area contributed by atoms with Gasteiger partial charge in [0, 0.05) is 12.4 Å². The standard InChI is InChI=1S/C11H11FN2O/c1-11(15,10-13-6-7-14-10)8-2-4-9(12)5-3-8/h2-7,15H,1H3,(H,13,14). The highest BCUT2D eigenvalue weighted by atomic mass is 19.1. The molecule has 0 saturated heterocycles. The molecule has 2 aromatic rings. The maximum atomic E-state index is 12.7. The topological polar surface area (TPSA) is 48.9 Å². The molecule has 0 amide bonds. The Balaban J connectivity index is 2.41. The number of hydrogen-bond donors (Lipinski definition) is 2. The Morgan fingerprint density at radius 2 is 2.00 bits per heavy atom. The van der Waals surface area contributed by atoms with E-state index in [1.165, 1.54) is 24.3 Å². The number of aromatic nitrogens is 2. The van der Waals surface area contributed by atoms with Crippen LogP contribution >= 0.6 is 0 Å². The van der Waals surface area contributed by atoms with Gasteiger partial charge in [0.25, 0.3) is 0 Å². The van der Waals surface area contributed by atoms with Gasteiger partial charge in [0.1, 0.15) is 17.2 Å². The van der Waals surface area contributed by atoms with Gasteiger partial charge in [-0.3, -0.25) is 0 Å². The van der Waals surface area contributed by atoms with Crippen LogP contribution < -0.4 is 0 Å². The lowest BCUT2D eigenvalue weighted by Crippen LogP contribution is -2.24. The van der Waals surface area contributed by atoms with Gasteiger partial charge in [-0.2, -0.15) is 0 Å². The Labute approximate surface area is 86.6 Å². The second-order valence-corrected chi connectivity index (χ2v) is 3.52. The number of halogens is 1. The van der Waals surface area contributed by atoms with Gasteiger partial charge < -0.3 is 10.1 Å². The van der Waals surface area contributed by atoms with Gasteiger partial charge in [-0.25, -0.2) is 9.37 Å². The number of aliphatic hydroxyl groups is 1. The Hall–Kier alpha value is -1.68. The van der Waals surface area contributed by atoms with Crippen LogP contribution in [0.1, 0.15) is 18.3 Å². The van der Waals surface area contributed by atoms with E-state index in [0.29, 0.717) is 11.4 Å². The summed E-state index contributed by atoms with van der Waals surface area (Å²) in [6, 6.07) is 5.70. The molecule has 1 unspecified atom stereocenters. The average molecular weight is 206 g/mol. The molecular weight excluding hydrogens is 195 g/mol. The molecule has 3 nitrogen and oxygen atoms in total. The summed E-state index contributed by atoms with van der Waals surface area (Å²) in [5.41, 5.74) is -0.629. The highest BCUT2D eigenvalue weighted by Gasteiger charge is 2.27. The zero-order chi connectivity index (χ0) is 10.9. The molecule has 0 saturated carbocycles. The minimum absolute atomic E-state index is 0.325. The molecule has 1 aromatic carbocycles. The Morgan fingerprint density at radius 3 is 2.53 bits per heavy atom. The van der Waals surface area contributed by atoms with Crippen molar-refractivity contribution in [1.82, 2.24) is 9.97 Å². The van der Waals surface area contributed by atoms with Crippen LogP contribution in [0, 0.1) is 5.82 Å². The molecule has 4 heteroatoms. The lowest BCUT2D eigenvalue weighted by atomic mass is 9.95. The van der Waals surface area contributed by atoms with Crippen LogP contribution in [0.3, 0.4) is 0 Å². The quantitative estimate of drug-likeness (QED) is 0.787. The molecule has 0 radical (unpaired) electrons. The highest BCUT2D eigenvalue weighted by molar-refractivity contribution is 5.28. The zero-order valence-corrected chi connectivity index (χ0v) is 8.24. The van der Waals surface area contributed by atoms with Crippen molar-refractivity contribution >= 4 is 0 Å². The second kappa shape index (κ2) is 3.47. The van der Waals surface area contributed by atoms with Crippen LogP contribution in [0.4, 0.5) is 4.39 Å². The van der Waals surface area contributed by atoms with E-state index in [9.17, 15) is 9.50 Å². The summed E-state index contributed by atoms with van der Waals surface area (Å²) in [6.45, 7) is 1.61. The van der Waals surface area contributed by atoms with Gasteiger partial charge in [0.15, 0.2) is 0 Å². The molecule has 0 aliphatic rings. The van der Waals surface area contributed by atoms with Crippen molar-refractivity contribution in [2.75, 3.05) is 0 Å². The first kappa shape index (κ1) is 9.86. The Kier molecular flexibility index (Phi) is 2.28. The van der Waals surface area contributed by atoms with Crippen molar-refractivity contribution in [1.29, 1.82) is 0 Å². The first-order valence-electron chi connectivity index (χ1n) is 4.59. The van der Waals surface area contributed by atoms with Crippen LogP contribution in [0.25, 0.3) is 0 Å². The van der Waals surface area contributed by atoms with E-state index in [1.54, 1.807) is 19.3 Å². The lowest BCUT2D eigenvalue weighted by Gasteiger charge is -2.21. The molecule has 1 atom stereocenters.